The minimum atomic E-state index is -3.54. The molecule has 1 amide bonds. The number of anilines is 1. The van der Waals surface area contributed by atoms with Crippen molar-refractivity contribution in [2.24, 2.45) is 0 Å². The lowest BCUT2D eigenvalue weighted by atomic mass is 10.2. The van der Waals surface area contributed by atoms with Gasteiger partial charge in [0.15, 0.2) is 0 Å². The summed E-state index contributed by atoms with van der Waals surface area (Å²) in [4.78, 5) is 11.9. The highest BCUT2D eigenvalue weighted by Gasteiger charge is 2.27. The third-order valence-electron chi connectivity index (χ3n) is 3.93. The number of carbonyl (C=O) groups excluding carboxylic acids is 1. The second-order valence-electron chi connectivity index (χ2n) is 5.78. The molecule has 1 aliphatic heterocycles. The SMILES string of the molecule is COCC(=O)Nc1ccc(C)c(S(=O)(=O)N2CCCCCC2)c1. The molecular formula is C16H24N2O4S. The lowest BCUT2D eigenvalue weighted by Gasteiger charge is -2.21. The van der Waals surface area contributed by atoms with E-state index in [0.717, 1.165) is 25.7 Å². The molecule has 1 aliphatic rings. The van der Waals surface area contributed by atoms with Crippen molar-refractivity contribution in [3.8, 4) is 0 Å². The zero-order valence-corrected chi connectivity index (χ0v) is 14.5. The molecule has 0 saturated carbocycles. The van der Waals surface area contributed by atoms with Crippen LogP contribution in [0.4, 0.5) is 5.69 Å². The van der Waals surface area contributed by atoms with E-state index in [1.54, 1.807) is 23.4 Å². The first-order valence-electron chi connectivity index (χ1n) is 7.85. The fourth-order valence-electron chi connectivity index (χ4n) is 2.71. The lowest BCUT2D eigenvalue weighted by Crippen LogP contribution is -2.32. The van der Waals surface area contributed by atoms with E-state index in [1.807, 2.05) is 0 Å². The number of aryl methyl sites for hydroxylation is 1. The number of amides is 1. The van der Waals surface area contributed by atoms with E-state index in [4.69, 9.17) is 4.74 Å². The second-order valence-corrected chi connectivity index (χ2v) is 7.69. The molecule has 1 aromatic carbocycles. The molecule has 0 unspecified atom stereocenters. The van der Waals surface area contributed by atoms with E-state index < -0.39 is 10.0 Å². The number of nitrogens with zero attached hydrogens (tertiary/aromatic N) is 1. The van der Waals surface area contributed by atoms with Gasteiger partial charge in [-0.1, -0.05) is 18.9 Å². The highest BCUT2D eigenvalue weighted by Crippen LogP contribution is 2.25. The average molecular weight is 340 g/mol. The van der Waals surface area contributed by atoms with Gasteiger partial charge in [-0.2, -0.15) is 4.31 Å². The first kappa shape index (κ1) is 17.9. The van der Waals surface area contributed by atoms with Gasteiger partial charge in [0.25, 0.3) is 0 Å². The van der Waals surface area contributed by atoms with Crippen molar-refractivity contribution in [2.75, 3.05) is 32.1 Å². The Kier molecular flexibility index (Phi) is 6.15. The number of benzene rings is 1. The highest BCUT2D eigenvalue weighted by molar-refractivity contribution is 7.89. The van der Waals surface area contributed by atoms with Crippen LogP contribution in [-0.2, 0) is 19.6 Å². The third kappa shape index (κ3) is 4.53. The molecule has 2 rings (SSSR count). The van der Waals surface area contributed by atoms with Gasteiger partial charge >= 0.3 is 0 Å². The number of hydrogen-bond donors (Lipinski definition) is 1. The van der Waals surface area contributed by atoms with Gasteiger partial charge in [0.2, 0.25) is 15.9 Å². The quantitative estimate of drug-likeness (QED) is 0.891. The van der Waals surface area contributed by atoms with E-state index in [0.29, 0.717) is 24.3 Å². The minimum absolute atomic E-state index is 0.0674. The molecule has 1 fully saturated rings. The first-order valence-corrected chi connectivity index (χ1v) is 9.29. The molecule has 1 heterocycles. The Bertz CT molecular complexity index is 650. The Morgan fingerprint density at radius 3 is 2.48 bits per heavy atom. The van der Waals surface area contributed by atoms with Gasteiger partial charge < -0.3 is 10.1 Å². The predicted octanol–water partition coefficient (Wildman–Crippen LogP) is 2.14. The number of sulfonamides is 1. The van der Waals surface area contributed by atoms with Crippen LogP contribution in [0.2, 0.25) is 0 Å². The molecule has 0 bridgehead atoms. The maximum atomic E-state index is 12.9. The lowest BCUT2D eigenvalue weighted by molar-refractivity contribution is -0.119. The maximum Gasteiger partial charge on any atom is 0.250 e. The van der Waals surface area contributed by atoms with E-state index in [-0.39, 0.29) is 17.4 Å². The van der Waals surface area contributed by atoms with E-state index >= 15 is 0 Å². The van der Waals surface area contributed by atoms with Crippen LogP contribution < -0.4 is 5.32 Å². The summed E-state index contributed by atoms with van der Waals surface area (Å²) < 4.78 is 32.2. The molecule has 1 saturated heterocycles. The second kappa shape index (κ2) is 7.90. The van der Waals surface area contributed by atoms with Gasteiger partial charge in [-0.3, -0.25) is 4.79 Å². The highest BCUT2D eigenvalue weighted by atomic mass is 32.2. The molecule has 7 heteroatoms. The number of carbonyl (C=O) groups is 1. The van der Waals surface area contributed by atoms with Gasteiger partial charge in [-0.15, -0.1) is 0 Å². The zero-order chi connectivity index (χ0) is 16.9. The summed E-state index contributed by atoms with van der Waals surface area (Å²) in [5, 5.41) is 2.65. The largest absolute Gasteiger partial charge is 0.375 e. The molecule has 0 spiro atoms. The Morgan fingerprint density at radius 1 is 1.22 bits per heavy atom. The Labute approximate surface area is 137 Å². The summed E-state index contributed by atoms with van der Waals surface area (Å²) >= 11 is 0. The number of nitrogens with one attached hydrogen (secondary N) is 1. The van der Waals surface area contributed by atoms with Crippen molar-refractivity contribution in [1.82, 2.24) is 4.31 Å². The molecule has 0 aliphatic carbocycles. The van der Waals surface area contributed by atoms with Crippen molar-refractivity contribution in [3.63, 3.8) is 0 Å². The number of ether oxygens (including phenoxy) is 1. The van der Waals surface area contributed by atoms with Crippen LogP contribution in [0.1, 0.15) is 31.2 Å². The van der Waals surface area contributed by atoms with Crippen LogP contribution in [0.3, 0.4) is 0 Å². The van der Waals surface area contributed by atoms with Crippen LogP contribution in [0.5, 0.6) is 0 Å². The van der Waals surface area contributed by atoms with Gasteiger partial charge in [0.1, 0.15) is 6.61 Å². The van der Waals surface area contributed by atoms with E-state index in [9.17, 15) is 13.2 Å². The normalized spacial score (nSPS) is 16.8. The minimum Gasteiger partial charge on any atom is -0.375 e. The van der Waals surface area contributed by atoms with Gasteiger partial charge in [-0.05, 0) is 37.5 Å². The summed E-state index contributed by atoms with van der Waals surface area (Å²) in [5.41, 5.74) is 1.14. The van der Waals surface area contributed by atoms with Gasteiger partial charge in [0, 0.05) is 25.9 Å². The molecule has 0 atom stereocenters. The Morgan fingerprint density at radius 2 is 1.87 bits per heavy atom. The smallest absolute Gasteiger partial charge is 0.250 e. The summed E-state index contributed by atoms with van der Waals surface area (Å²) in [6, 6.07) is 4.95. The van der Waals surface area contributed by atoms with Crippen LogP contribution in [-0.4, -0.2) is 45.4 Å². The summed E-state index contributed by atoms with van der Waals surface area (Å²) in [6.07, 6.45) is 3.92. The van der Waals surface area contributed by atoms with Crippen LogP contribution in [0.15, 0.2) is 23.1 Å². The van der Waals surface area contributed by atoms with E-state index in [1.165, 1.54) is 13.2 Å². The van der Waals surface area contributed by atoms with Crippen LogP contribution in [0.25, 0.3) is 0 Å². The Balaban J connectivity index is 2.27. The zero-order valence-electron chi connectivity index (χ0n) is 13.7. The van der Waals surface area contributed by atoms with Crippen LogP contribution >= 0.6 is 0 Å². The number of rotatable bonds is 5. The number of methoxy groups -OCH3 is 1. The van der Waals surface area contributed by atoms with Crippen molar-refractivity contribution < 1.29 is 17.9 Å². The monoisotopic (exact) mass is 340 g/mol. The fourth-order valence-corrected chi connectivity index (χ4v) is 4.47. The van der Waals surface area contributed by atoms with Gasteiger partial charge in [-0.25, -0.2) is 8.42 Å². The summed E-state index contributed by atoms with van der Waals surface area (Å²) in [6.45, 7) is 2.82. The first-order chi connectivity index (χ1) is 10.9. The van der Waals surface area contributed by atoms with Crippen molar-refractivity contribution >= 4 is 21.6 Å². The molecule has 128 valence electrons. The van der Waals surface area contributed by atoms with Crippen molar-refractivity contribution in [1.29, 1.82) is 0 Å². The fraction of sp³-hybridized carbons (Fsp3) is 0.562. The van der Waals surface area contributed by atoms with Crippen molar-refractivity contribution in [3.05, 3.63) is 23.8 Å². The maximum absolute atomic E-state index is 12.9. The topological polar surface area (TPSA) is 75.7 Å². The molecule has 23 heavy (non-hydrogen) atoms. The molecule has 6 nitrogen and oxygen atoms in total. The van der Waals surface area contributed by atoms with E-state index in [2.05, 4.69) is 5.32 Å². The van der Waals surface area contributed by atoms with Gasteiger partial charge in [0.05, 0.1) is 4.90 Å². The predicted molar refractivity (Wildman–Crippen MR) is 88.9 cm³/mol. The average Bonchev–Trinajstić information content (AvgIpc) is 2.79. The standard InChI is InChI=1S/C16H24N2O4S/c1-13-7-8-14(17-16(19)12-22-2)11-15(13)23(20,21)18-9-5-3-4-6-10-18/h7-8,11H,3-6,9-10,12H2,1-2H3,(H,17,19). The molecule has 0 radical (unpaired) electrons. The summed E-state index contributed by atoms with van der Waals surface area (Å²) in [7, 11) is -2.10. The summed E-state index contributed by atoms with van der Waals surface area (Å²) in [5.74, 6) is -0.311. The molecule has 1 aromatic rings. The van der Waals surface area contributed by atoms with Crippen molar-refractivity contribution in [2.45, 2.75) is 37.5 Å². The molecule has 0 aromatic heterocycles. The Hall–Kier alpha value is -1.44. The van der Waals surface area contributed by atoms with Crippen LogP contribution in [0, 0.1) is 6.92 Å². The third-order valence-corrected chi connectivity index (χ3v) is 5.97. The number of hydrogen-bond acceptors (Lipinski definition) is 4. The molecule has 1 N–H and O–H groups in total. The molecular weight excluding hydrogens is 316 g/mol.